The number of nitrogens with zero attached hydrogens (tertiary/aromatic N) is 3. The fourth-order valence-electron chi connectivity index (χ4n) is 2.61. The van der Waals surface area contributed by atoms with E-state index in [1.807, 2.05) is 18.2 Å². The summed E-state index contributed by atoms with van der Waals surface area (Å²) in [5, 5.41) is 4.63. The van der Waals surface area contributed by atoms with Crippen molar-refractivity contribution < 1.29 is 4.74 Å². The third kappa shape index (κ3) is 3.39. The van der Waals surface area contributed by atoms with Gasteiger partial charge in [-0.2, -0.15) is 5.10 Å². The van der Waals surface area contributed by atoms with Crippen LogP contribution in [0.2, 0.25) is 0 Å². The molecule has 2 heterocycles. The second kappa shape index (κ2) is 6.39. The van der Waals surface area contributed by atoms with Crippen LogP contribution in [0.25, 0.3) is 0 Å². The van der Waals surface area contributed by atoms with Crippen molar-refractivity contribution in [3.8, 4) is 5.75 Å². The number of pyridine rings is 1. The van der Waals surface area contributed by atoms with E-state index < -0.39 is 0 Å². The van der Waals surface area contributed by atoms with Gasteiger partial charge >= 0.3 is 0 Å². The lowest BCUT2D eigenvalue weighted by Crippen LogP contribution is -2.13. The number of hydrogen-bond donors (Lipinski definition) is 0. The Morgan fingerprint density at radius 2 is 2.05 bits per heavy atom. The molecule has 0 N–H and O–H groups in total. The summed E-state index contributed by atoms with van der Waals surface area (Å²) in [7, 11) is 0. The highest BCUT2D eigenvalue weighted by Crippen LogP contribution is 2.27. The Morgan fingerprint density at radius 3 is 2.80 bits per heavy atom. The van der Waals surface area contributed by atoms with Gasteiger partial charge in [0.25, 0.3) is 0 Å². The van der Waals surface area contributed by atoms with Gasteiger partial charge < -0.3 is 4.74 Å². The minimum absolute atomic E-state index is 0.489. The van der Waals surface area contributed by atoms with E-state index in [1.165, 1.54) is 32.1 Å². The van der Waals surface area contributed by atoms with Crippen molar-refractivity contribution in [2.24, 2.45) is 0 Å². The molecule has 1 saturated carbocycles. The van der Waals surface area contributed by atoms with E-state index in [9.17, 15) is 0 Å². The number of aromatic nitrogens is 3. The van der Waals surface area contributed by atoms with Gasteiger partial charge in [0.2, 0.25) is 0 Å². The molecule has 20 heavy (non-hydrogen) atoms. The summed E-state index contributed by atoms with van der Waals surface area (Å²) < 4.78 is 8.61. The minimum atomic E-state index is 0.489. The molecule has 1 aliphatic carbocycles. The van der Waals surface area contributed by atoms with Gasteiger partial charge in [0, 0.05) is 6.20 Å². The van der Waals surface area contributed by atoms with Crippen LogP contribution in [0, 0.1) is 0 Å². The Balaban J connectivity index is 1.58. The standard InChI is InChI=1S/C15H18BrN3O/c16-15-7-6-14(10-17-15)20-11-12-8-9-19(18-12)13-4-2-1-3-5-13/h6-10,13H,1-5,11H2. The van der Waals surface area contributed by atoms with Crippen molar-refractivity contribution in [3.63, 3.8) is 0 Å². The van der Waals surface area contributed by atoms with Crippen molar-refractivity contribution in [3.05, 3.63) is 40.9 Å². The zero-order valence-corrected chi connectivity index (χ0v) is 12.9. The molecule has 106 valence electrons. The van der Waals surface area contributed by atoms with Crippen LogP contribution in [-0.4, -0.2) is 14.8 Å². The van der Waals surface area contributed by atoms with E-state index in [4.69, 9.17) is 4.74 Å². The van der Waals surface area contributed by atoms with E-state index >= 15 is 0 Å². The van der Waals surface area contributed by atoms with Gasteiger partial charge in [-0.3, -0.25) is 4.68 Å². The molecule has 2 aromatic heterocycles. The van der Waals surface area contributed by atoms with Crippen LogP contribution in [0.3, 0.4) is 0 Å². The molecule has 1 fully saturated rings. The normalized spacial score (nSPS) is 16.2. The topological polar surface area (TPSA) is 39.9 Å². The molecular formula is C15H18BrN3O. The Labute approximate surface area is 127 Å². The van der Waals surface area contributed by atoms with Crippen molar-refractivity contribution in [1.29, 1.82) is 0 Å². The highest BCUT2D eigenvalue weighted by Gasteiger charge is 2.15. The van der Waals surface area contributed by atoms with Gasteiger partial charge in [0.15, 0.2) is 0 Å². The van der Waals surface area contributed by atoms with Gasteiger partial charge in [-0.15, -0.1) is 0 Å². The molecule has 0 atom stereocenters. The summed E-state index contributed by atoms with van der Waals surface area (Å²) in [6.07, 6.45) is 10.3. The molecule has 0 spiro atoms. The highest BCUT2D eigenvalue weighted by molar-refractivity contribution is 9.10. The largest absolute Gasteiger partial charge is 0.486 e. The molecule has 1 aliphatic rings. The van der Waals surface area contributed by atoms with Crippen molar-refractivity contribution in [2.75, 3.05) is 0 Å². The smallest absolute Gasteiger partial charge is 0.138 e. The maximum Gasteiger partial charge on any atom is 0.138 e. The minimum Gasteiger partial charge on any atom is -0.486 e. The molecule has 0 aromatic carbocycles. The summed E-state index contributed by atoms with van der Waals surface area (Å²) in [6.45, 7) is 0.489. The molecule has 0 bridgehead atoms. The second-order valence-electron chi connectivity index (χ2n) is 5.18. The average Bonchev–Trinajstić information content (AvgIpc) is 2.97. The van der Waals surface area contributed by atoms with Crippen LogP contribution < -0.4 is 4.74 Å². The molecule has 0 amide bonds. The van der Waals surface area contributed by atoms with Crippen LogP contribution >= 0.6 is 15.9 Å². The zero-order chi connectivity index (χ0) is 13.8. The third-order valence-electron chi connectivity index (χ3n) is 3.70. The summed E-state index contributed by atoms with van der Waals surface area (Å²) in [5.74, 6) is 0.764. The first-order valence-electron chi connectivity index (χ1n) is 7.10. The van der Waals surface area contributed by atoms with Crippen LogP contribution in [-0.2, 0) is 6.61 Å². The van der Waals surface area contributed by atoms with E-state index in [0.717, 1.165) is 16.0 Å². The summed E-state index contributed by atoms with van der Waals surface area (Å²) in [4.78, 5) is 4.14. The zero-order valence-electron chi connectivity index (χ0n) is 11.3. The van der Waals surface area contributed by atoms with Crippen molar-refractivity contribution in [2.45, 2.75) is 44.8 Å². The second-order valence-corrected chi connectivity index (χ2v) is 6.00. The van der Waals surface area contributed by atoms with Gasteiger partial charge in [0.05, 0.1) is 17.9 Å². The number of halogens is 1. The Morgan fingerprint density at radius 1 is 1.20 bits per heavy atom. The van der Waals surface area contributed by atoms with E-state index in [0.29, 0.717) is 12.6 Å². The van der Waals surface area contributed by atoms with E-state index in [2.05, 4.69) is 36.9 Å². The summed E-state index contributed by atoms with van der Waals surface area (Å²) >= 11 is 3.31. The van der Waals surface area contributed by atoms with Gasteiger partial charge in [-0.05, 0) is 47.0 Å². The highest BCUT2D eigenvalue weighted by atomic mass is 79.9. The Kier molecular flexibility index (Phi) is 4.35. The van der Waals surface area contributed by atoms with E-state index in [-0.39, 0.29) is 0 Å². The molecule has 0 saturated heterocycles. The van der Waals surface area contributed by atoms with Crippen LogP contribution in [0.1, 0.15) is 43.8 Å². The number of rotatable bonds is 4. The Bertz CT molecular complexity index is 547. The lowest BCUT2D eigenvalue weighted by atomic mass is 9.96. The molecule has 4 nitrogen and oxygen atoms in total. The monoisotopic (exact) mass is 335 g/mol. The summed E-state index contributed by atoms with van der Waals surface area (Å²) in [6, 6.07) is 6.39. The maximum absolute atomic E-state index is 5.69. The molecule has 2 aromatic rings. The number of ether oxygens (including phenoxy) is 1. The lowest BCUT2D eigenvalue weighted by molar-refractivity contribution is 0.290. The molecule has 0 aliphatic heterocycles. The van der Waals surface area contributed by atoms with Crippen LogP contribution in [0.5, 0.6) is 5.75 Å². The van der Waals surface area contributed by atoms with Crippen LogP contribution in [0.4, 0.5) is 0 Å². The third-order valence-corrected chi connectivity index (χ3v) is 4.17. The quantitative estimate of drug-likeness (QED) is 0.789. The number of hydrogen-bond acceptors (Lipinski definition) is 3. The van der Waals surface area contributed by atoms with Gasteiger partial charge in [-0.1, -0.05) is 19.3 Å². The molecule has 0 radical (unpaired) electrons. The molecular weight excluding hydrogens is 318 g/mol. The molecule has 3 rings (SSSR count). The molecule has 0 unspecified atom stereocenters. The van der Waals surface area contributed by atoms with Crippen molar-refractivity contribution >= 4 is 15.9 Å². The average molecular weight is 336 g/mol. The molecule has 5 heteroatoms. The SMILES string of the molecule is Brc1ccc(OCc2ccn(C3CCCCC3)n2)cn1. The first-order chi connectivity index (χ1) is 9.81. The Hall–Kier alpha value is -1.36. The van der Waals surface area contributed by atoms with Crippen molar-refractivity contribution in [1.82, 2.24) is 14.8 Å². The van der Waals surface area contributed by atoms with E-state index in [1.54, 1.807) is 6.20 Å². The maximum atomic E-state index is 5.69. The lowest BCUT2D eigenvalue weighted by Gasteiger charge is -2.21. The first kappa shape index (κ1) is 13.6. The van der Waals surface area contributed by atoms with Gasteiger partial charge in [-0.25, -0.2) is 4.98 Å². The fourth-order valence-corrected chi connectivity index (χ4v) is 2.84. The predicted octanol–water partition coefficient (Wildman–Crippen LogP) is 4.12. The van der Waals surface area contributed by atoms with Gasteiger partial charge in [0.1, 0.15) is 17.0 Å². The fraction of sp³-hybridized carbons (Fsp3) is 0.467. The van der Waals surface area contributed by atoms with Crippen LogP contribution in [0.15, 0.2) is 35.2 Å². The summed E-state index contributed by atoms with van der Waals surface area (Å²) in [5.41, 5.74) is 0.971. The first-order valence-corrected chi connectivity index (χ1v) is 7.89. The predicted molar refractivity (Wildman–Crippen MR) is 80.6 cm³/mol.